The number of hydrogen-bond donors (Lipinski definition) is 1. The largest absolute Gasteiger partial charge is 0.384 e. The van der Waals surface area contributed by atoms with E-state index < -0.39 is 5.60 Å². The van der Waals surface area contributed by atoms with Gasteiger partial charge in [0.1, 0.15) is 11.0 Å². The number of aromatic nitrogens is 5. The lowest BCUT2D eigenvalue weighted by Gasteiger charge is -2.22. The minimum Gasteiger partial charge on any atom is -0.384 e. The van der Waals surface area contributed by atoms with E-state index in [1.807, 2.05) is 36.6 Å². The van der Waals surface area contributed by atoms with E-state index in [4.69, 9.17) is 0 Å². The van der Waals surface area contributed by atoms with Crippen molar-refractivity contribution in [2.45, 2.75) is 37.1 Å². The smallest absolute Gasteiger partial charge is 0.278 e. The Hall–Kier alpha value is -2.45. The van der Waals surface area contributed by atoms with Gasteiger partial charge in [-0.2, -0.15) is 0 Å². The van der Waals surface area contributed by atoms with E-state index in [2.05, 4.69) is 15.0 Å². The maximum absolute atomic E-state index is 12.9. The molecule has 4 rings (SSSR count). The lowest BCUT2D eigenvalue weighted by molar-refractivity contribution is 0.0443. The van der Waals surface area contributed by atoms with Crippen molar-refractivity contribution in [3.05, 3.63) is 52.6 Å². The number of aliphatic hydroxyl groups is 1. The summed E-state index contributed by atoms with van der Waals surface area (Å²) in [5.74, 6) is 0.552. The van der Waals surface area contributed by atoms with Gasteiger partial charge in [0.2, 0.25) is 0 Å². The van der Waals surface area contributed by atoms with Crippen LogP contribution in [0.5, 0.6) is 0 Å². The van der Waals surface area contributed by atoms with Gasteiger partial charge in [-0.15, -0.1) is 0 Å². The quantitative estimate of drug-likeness (QED) is 0.402. The molecule has 8 heteroatoms. The predicted molar refractivity (Wildman–Crippen MR) is 101 cm³/mol. The highest BCUT2D eigenvalue weighted by atomic mass is 32.2. The molecule has 0 saturated heterocycles. The summed E-state index contributed by atoms with van der Waals surface area (Å²) in [7, 11) is 0. The molecule has 1 N–H and O–H groups in total. The molecule has 1 aliphatic rings. The number of thioether (sulfide) groups is 1. The van der Waals surface area contributed by atoms with Gasteiger partial charge in [0, 0.05) is 6.20 Å². The van der Waals surface area contributed by atoms with Crippen LogP contribution < -0.4 is 5.56 Å². The molecule has 0 saturated carbocycles. The molecule has 7 nitrogen and oxygen atoms in total. The van der Waals surface area contributed by atoms with E-state index in [0.29, 0.717) is 47.1 Å². The van der Waals surface area contributed by atoms with Crippen molar-refractivity contribution in [3.63, 3.8) is 0 Å². The molecule has 2 bridgehead atoms. The molecule has 1 atom stereocenters. The Morgan fingerprint density at radius 1 is 1.27 bits per heavy atom. The monoisotopic (exact) mass is 369 g/mol. The fraction of sp³-hybridized carbons (Fsp3) is 0.333. The fourth-order valence-electron chi connectivity index (χ4n) is 3.13. The van der Waals surface area contributed by atoms with Crippen LogP contribution >= 0.6 is 11.8 Å². The lowest BCUT2D eigenvalue weighted by atomic mass is 9.95. The van der Waals surface area contributed by atoms with Crippen molar-refractivity contribution in [2.75, 3.05) is 6.26 Å². The van der Waals surface area contributed by atoms with E-state index in [1.54, 1.807) is 22.5 Å². The third-order valence-electron chi connectivity index (χ3n) is 4.58. The first-order chi connectivity index (χ1) is 12.5. The molecule has 3 aromatic rings. The highest BCUT2D eigenvalue weighted by Crippen LogP contribution is 2.26. The Labute approximate surface area is 154 Å². The summed E-state index contributed by atoms with van der Waals surface area (Å²) in [5.41, 5.74) is -0.106. The summed E-state index contributed by atoms with van der Waals surface area (Å²) in [6, 6.07) is 5.47. The van der Waals surface area contributed by atoms with Crippen LogP contribution in [0.1, 0.15) is 25.5 Å². The third kappa shape index (κ3) is 2.75. The molecule has 0 aliphatic carbocycles. The SMILES string of the molecule is CSc1ncc2c(=O)n3n(c2n1)-c1cccc(n1)[C@@](C)(O)CC/C=C\C3. The minimum atomic E-state index is -1.04. The van der Waals surface area contributed by atoms with Crippen molar-refractivity contribution < 1.29 is 5.11 Å². The van der Waals surface area contributed by atoms with Crippen molar-refractivity contribution in [3.8, 4) is 5.82 Å². The van der Waals surface area contributed by atoms with Gasteiger partial charge in [-0.25, -0.2) is 24.3 Å². The molecule has 3 aromatic heterocycles. The van der Waals surface area contributed by atoms with Crippen molar-refractivity contribution in [2.24, 2.45) is 0 Å². The summed E-state index contributed by atoms with van der Waals surface area (Å²) in [6.07, 6.45) is 8.63. The molecule has 0 amide bonds. The van der Waals surface area contributed by atoms with Crippen molar-refractivity contribution in [1.29, 1.82) is 0 Å². The maximum Gasteiger partial charge on any atom is 0.278 e. The molecule has 0 aromatic carbocycles. The highest BCUT2D eigenvalue weighted by Gasteiger charge is 2.26. The zero-order valence-electron chi connectivity index (χ0n) is 14.6. The average molecular weight is 369 g/mol. The standard InChI is InChI=1S/C18H19N5O2S/c1-18(25)9-4-3-5-10-22-16(24)12-11-19-17(26-2)21-15(12)23(22)14-8-6-7-13(18)20-14/h3,5-8,11,25H,4,9-10H2,1-2H3/b5-3-/t18-/m0/s1. The number of nitrogens with zero attached hydrogens (tertiary/aromatic N) is 5. The summed E-state index contributed by atoms with van der Waals surface area (Å²) in [6.45, 7) is 2.16. The molecule has 26 heavy (non-hydrogen) atoms. The van der Waals surface area contributed by atoms with Crippen LogP contribution in [-0.2, 0) is 12.1 Å². The Bertz CT molecular complexity index is 1070. The van der Waals surface area contributed by atoms with Crippen LogP contribution in [0, 0.1) is 0 Å². The van der Waals surface area contributed by atoms with Crippen LogP contribution in [0.4, 0.5) is 0 Å². The minimum absolute atomic E-state index is 0.157. The van der Waals surface area contributed by atoms with Gasteiger partial charge in [0.05, 0.1) is 12.2 Å². The Kier molecular flexibility index (Phi) is 4.16. The molecule has 0 unspecified atom stereocenters. The Morgan fingerprint density at radius 2 is 2.12 bits per heavy atom. The first-order valence-corrected chi connectivity index (χ1v) is 9.61. The van der Waals surface area contributed by atoms with Gasteiger partial charge in [0.15, 0.2) is 16.6 Å². The molecular weight excluding hydrogens is 350 g/mol. The number of hydrogen-bond acceptors (Lipinski definition) is 6. The Morgan fingerprint density at radius 3 is 2.92 bits per heavy atom. The summed E-state index contributed by atoms with van der Waals surface area (Å²) in [4.78, 5) is 26.3. The van der Waals surface area contributed by atoms with E-state index in [9.17, 15) is 9.90 Å². The molecule has 1 aliphatic heterocycles. The topological polar surface area (TPSA) is 85.8 Å². The zero-order chi connectivity index (χ0) is 18.3. The molecule has 0 fully saturated rings. The first-order valence-electron chi connectivity index (χ1n) is 8.39. The van der Waals surface area contributed by atoms with Crippen LogP contribution in [0.25, 0.3) is 16.9 Å². The second-order valence-electron chi connectivity index (χ2n) is 6.46. The first kappa shape index (κ1) is 17.0. The molecule has 134 valence electrons. The fourth-order valence-corrected chi connectivity index (χ4v) is 3.47. The van der Waals surface area contributed by atoms with Gasteiger partial charge >= 0.3 is 0 Å². The van der Waals surface area contributed by atoms with E-state index in [0.717, 1.165) is 0 Å². The molecular formula is C18H19N5O2S. The summed E-state index contributed by atoms with van der Waals surface area (Å²) in [5, 5.41) is 11.8. The third-order valence-corrected chi connectivity index (χ3v) is 5.14. The Balaban J connectivity index is 2.07. The van der Waals surface area contributed by atoms with Gasteiger partial charge in [-0.3, -0.25) is 4.79 Å². The summed E-state index contributed by atoms with van der Waals surface area (Å²) >= 11 is 1.42. The van der Waals surface area contributed by atoms with Crippen LogP contribution in [0.3, 0.4) is 0 Å². The predicted octanol–water partition coefficient (Wildman–Crippen LogP) is 2.26. The number of pyridine rings is 1. The number of rotatable bonds is 1. The van der Waals surface area contributed by atoms with Crippen LogP contribution in [0.15, 0.2) is 46.5 Å². The van der Waals surface area contributed by atoms with Crippen molar-refractivity contribution >= 4 is 22.8 Å². The molecule has 0 spiro atoms. The van der Waals surface area contributed by atoms with Crippen molar-refractivity contribution in [1.82, 2.24) is 24.3 Å². The highest BCUT2D eigenvalue weighted by molar-refractivity contribution is 7.98. The van der Waals surface area contributed by atoms with Crippen LogP contribution in [-0.4, -0.2) is 35.7 Å². The second-order valence-corrected chi connectivity index (χ2v) is 7.23. The van der Waals surface area contributed by atoms with Crippen LogP contribution in [0.2, 0.25) is 0 Å². The van der Waals surface area contributed by atoms with Gasteiger partial charge in [-0.1, -0.05) is 30.0 Å². The molecule has 4 heterocycles. The number of allylic oxidation sites excluding steroid dienone is 2. The summed E-state index contributed by atoms with van der Waals surface area (Å²) < 4.78 is 3.32. The normalized spacial score (nSPS) is 21.2. The number of fused-ring (bicyclic) bond motifs is 6. The van der Waals surface area contributed by atoms with E-state index in [-0.39, 0.29) is 5.56 Å². The lowest BCUT2D eigenvalue weighted by Crippen LogP contribution is -2.24. The van der Waals surface area contributed by atoms with Gasteiger partial charge < -0.3 is 5.11 Å². The van der Waals surface area contributed by atoms with E-state index in [1.165, 1.54) is 11.8 Å². The van der Waals surface area contributed by atoms with Gasteiger partial charge in [0.25, 0.3) is 5.56 Å². The van der Waals surface area contributed by atoms with Gasteiger partial charge in [-0.05, 0) is 38.2 Å². The maximum atomic E-state index is 12.9. The second kappa shape index (κ2) is 6.37. The molecule has 0 radical (unpaired) electrons. The average Bonchev–Trinajstić information content (AvgIpc) is 2.91. The zero-order valence-corrected chi connectivity index (χ0v) is 15.4. The van der Waals surface area contributed by atoms with E-state index >= 15 is 0 Å².